The molecule has 0 unspecified atom stereocenters. The third kappa shape index (κ3) is 33.4. The van der Waals surface area contributed by atoms with Gasteiger partial charge in [-0.05, 0) is 67.2 Å². The lowest BCUT2D eigenvalue weighted by atomic mass is 10.2. The molecule has 0 bridgehead atoms. The topological polar surface area (TPSA) is 13.0 Å². The fourth-order valence-corrected chi connectivity index (χ4v) is 2.46. The van der Waals surface area contributed by atoms with E-state index in [1.165, 1.54) is 65.2 Å². The van der Waals surface area contributed by atoms with Crippen LogP contribution in [0.25, 0.3) is 0 Å². The highest BCUT2D eigenvalue weighted by Crippen LogP contribution is 2.03. The molecule has 1 aliphatic rings. The van der Waals surface area contributed by atoms with Gasteiger partial charge < -0.3 is 19.6 Å². The number of rotatable bonds is 8. The van der Waals surface area contributed by atoms with Gasteiger partial charge in [-0.15, -0.1) is 0 Å². The molecule has 0 N–H and O–H groups in total. The van der Waals surface area contributed by atoms with Crippen molar-refractivity contribution >= 4 is 0 Å². The smallest absolute Gasteiger partial charge is 0.0110 e. The molecule has 28 heavy (non-hydrogen) atoms. The highest BCUT2D eigenvalue weighted by Gasteiger charge is 2.15. The fraction of sp³-hybridized carbons (Fsp3) is 1.00. The molecule has 4 heteroatoms. The van der Waals surface area contributed by atoms with Gasteiger partial charge in [0, 0.05) is 26.2 Å². The van der Waals surface area contributed by atoms with E-state index in [9.17, 15) is 0 Å². The Kier molecular flexibility index (Phi) is 51.6. The normalized spacial score (nSPS) is 13.3. The second kappa shape index (κ2) is 37.6. The molecule has 0 aromatic rings. The van der Waals surface area contributed by atoms with Gasteiger partial charge in [-0.25, -0.2) is 0 Å². The second-order valence-corrected chi connectivity index (χ2v) is 6.00. The molecular formula is C24H62N4. The van der Waals surface area contributed by atoms with Crippen molar-refractivity contribution in [2.75, 3.05) is 80.5 Å². The highest BCUT2D eigenvalue weighted by molar-refractivity contribution is 4.72. The van der Waals surface area contributed by atoms with Crippen LogP contribution in [0.2, 0.25) is 0 Å². The summed E-state index contributed by atoms with van der Waals surface area (Å²) in [6, 6.07) is 0. The van der Waals surface area contributed by atoms with Crippen LogP contribution in [0.15, 0.2) is 0 Å². The number of piperazine rings is 1. The molecule has 0 amide bonds. The lowest BCUT2D eigenvalue weighted by molar-refractivity contribution is 0.126. The first-order valence-corrected chi connectivity index (χ1v) is 12.3. The van der Waals surface area contributed by atoms with E-state index < -0.39 is 0 Å². The van der Waals surface area contributed by atoms with Crippen LogP contribution in [-0.2, 0) is 0 Å². The second-order valence-electron chi connectivity index (χ2n) is 6.00. The monoisotopic (exact) mass is 406 g/mol. The van der Waals surface area contributed by atoms with Crippen molar-refractivity contribution in [1.82, 2.24) is 19.6 Å². The van der Waals surface area contributed by atoms with Gasteiger partial charge in [0.05, 0.1) is 0 Å². The van der Waals surface area contributed by atoms with Crippen LogP contribution in [0.4, 0.5) is 0 Å². The van der Waals surface area contributed by atoms with Crippen LogP contribution < -0.4 is 0 Å². The molecule has 0 aromatic heterocycles. The van der Waals surface area contributed by atoms with Crippen molar-refractivity contribution in [1.29, 1.82) is 0 Å². The summed E-state index contributed by atoms with van der Waals surface area (Å²) in [5.74, 6) is 0. The molecule has 1 heterocycles. The molecule has 1 saturated heterocycles. The minimum absolute atomic E-state index is 1.21. The third-order valence-electron chi connectivity index (χ3n) is 3.62. The molecule has 1 rings (SSSR count). The average molecular weight is 407 g/mol. The summed E-state index contributed by atoms with van der Waals surface area (Å²) in [6.07, 6.45) is 2.60. The Labute approximate surface area is 182 Å². The zero-order chi connectivity index (χ0) is 23.4. The molecule has 1 aliphatic heterocycles. The Morgan fingerprint density at radius 1 is 0.464 bits per heavy atom. The van der Waals surface area contributed by atoms with Crippen molar-refractivity contribution in [3.8, 4) is 0 Å². The average Bonchev–Trinajstić information content (AvgIpc) is 2.76. The van der Waals surface area contributed by atoms with Gasteiger partial charge in [-0.2, -0.15) is 0 Å². The quantitative estimate of drug-likeness (QED) is 0.517. The van der Waals surface area contributed by atoms with Crippen LogP contribution in [0.1, 0.15) is 82.1 Å². The van der Waals surface area contributed by atoms with Crippen molar-refractivity contribution in [3.05, 3.63) is 0 Å². The summed E-state index contributed by atoms with van der Waals surface area (Å²) in [5, 5.41) is 0. The SMILES string of the molecule is CC.CC.CC.CC.CC.CN(C)CCCN1CCN(CCCN(C)C)CC1. The zero-order valence-electron chi connectivity index (χ0n) is 22.9. The van der Waals surface area contributed by atoms with Crippen molar-refractivity contribution in [2.24, 2.45) is 0 Å². The molecule has 0 spiro atoms. The summed E-state index contributed by atoms with van der Waals surface area (Å²) in [4.78, 5) is 9.78. The molecule has 0 saturated carbocycles. The fourth-order valence-electron chi connectivity index (χ4n) is 2.46. The standard InChI is InChI=1S/C14H32N4.5C2H6/c1-15(2)7-5-9-17-11-13-18(14-12-17)10-6-8-16(3)4;5*1-2/h5-14H2,1-4H3;5*1-2H3. The molecule has 0 radical (unpaired) electrons. The summed E-state index contributed by atoms with van der Waals surface area (Å²) in [6.45, 7) is 30.0. The summed E-state index contributed by atoms with van der Waals surface area (Å²) in [7, 11) is 8.62. The van der Waals surface area contributed by atoms with E-state index in [-0.39, 0.29) is 0 Å². The van der Waals surface area contributed by atoms with Crippen LogP contribution >= 0.6 is 0 Å². The summed E-state index contributed by atoms with van der Waals surface area (Å²) in [5.41, 5.74) is 0. The molecular weight excluding hydrogens is 344 g/mol. The predicted molar refractivity (Wildman–Crippen MR) is 136 cm³/mol. The number of nitrogens with zero attached hydrogens (tertiary/aromatic N) is 4. The number of hydrogen-bond donors (Lipinski definition) is 0. The zero-order valence-corrected chi connectivity index (χ0v) is 22.9. The molecule has 0 aliphatic carbocycles. The van der Waals surface area contributed by atoms with Gasteiger partial charge in [0.2, 0.25) is 0 Å². The van der Waals surface area contributed by atoms with Crippen LogP contribution in [0.3, 0.4) is 0 Å². The Morgan fingerprint density at radius 3 is 0.857 bits per heavy atom. The van der Waals surface area contributed by atoms with Crippen molar-refractivity contribution in [3.63, 3.8) is 0 Å². The first-order valence-electron chi connectivity index (χ1n) is 12.3. The maximum Gasteiger partial charge on any atom is 0.0110 e. The third-order valence-corrected chi connectivity index (χ3v) is 3.62. The van der Waals surface area contributed by atoms with Gasteiger partial charge in [-0.3, -0.25) is 0 Å². The van der Waals surface area contributed by atoms with Crippen molar-refractivity contribution < 1.29 is 0 Å². The Hall–Kier alpha value is -0.160. The predicted octanol–water partition coefficient (Wildman–Crippen LogP) is 5.64. The number of hydrogen-bond acceptors (Lipinski definition) is 4. The molecule has 4 nitrogen and oxygen atoms in total. The van der Waals surface area contributed by atoms with E-state index in [4.69, 9.17) is 0 Å². The van der Waals surface area contributed by atoms with Crippen LogP contribution in [0, 0.1) is 0 Å². The van der Waals surface area contributed by atoms with Gasteiger partial charge in [-0.1, -0.05) is 69.2 Å². The lowest BCUT2D eigenvalue weighted by Crippen LogP contribution is -2.47. The largest absolute Gasteiger partial charge is 0.309 e. The maximum absolute atomic E-state index is 2.62. The van der Waals surface area contributed by atoms with Gasteiger partial charge in [0.25, 0.3) is 0 Å². The van der Waals surface area contributed by atoms with Gasteiger partial charge >= 0.3 is 0 Å². The van der Waals surface area contributed by atoms with E-state index in [1.807, 2.05) is 69.2 Å². The van der Waals surface area contributed by atoms with Crippen LogP contribution in [0.5, 0.6) is 0 Å². The molecule has 0 aromatic carbocycles. The Balaban J connectivity index is -0.000000153. The van der Waals surface area contributed by atoms with Crippen LogP contribution in [-0.4, -0.2) is 100 Å². The molecule has 178 valence electrons. The first-order chi connectivity index (χ1) is 13.6. The minimum atomic E-state index is 1.21. The summed E-state index contributed by atoms with van der Waals surface area (Å²) < 4.78 is 0. The van der Waals surface area contributed by atoms with E-state index >= 15 is 0 Å². The molecule has 1 fully saturated rings. The minimum Gasteiger partial charge on any atom is -0.309 e. The maximum atomic E-state index is 2.62. The lowest BCUT2D eigenvalue weighted by Gasteiger charge is -2.35. The van der Waals surface area contributed by atoms with E-state index in [0.29, 0.717) is 0 Å². The van der Waals surface area contributed by atoms with E-state index in [0.717, 1.165) is 0 Å². The van der Waals surface area contributed by atoms with Gasteiger partial charge in [0.15, 0.2) is 0 Å². The van der Waals surface area contributed by atoms with E-state index in [2.05, 4.69) is 47.8 Å². The van der Waals surface area contributed by atoms with E-state index in [1.54, 1.807) is 0 Å². The molecule has 0 atom stereocenters. The Morgan fingerprint density at radius 2 is 0.679 bits per heavy atom. The van der Waals surface area contributed by atoms with Gasteiger partial charge in [0.1, 0.15) is 0 Å². The Bertz CT molecular complexity index is 179. The highest BCUT2D eigenvalue weighted by atomic mass is 15.3. The van der Waals surface area contributed by atoms with Crippen molar-refractivity contribution in [2.45, 2.75) is 82.1 Å². The first kappa shape index (κ1) is 38.4. The summed E-state index contributed by atoms with van der Waals surface area (Å²) >= 11 is 0.